The summed E-state index contributed by atoms with van der Waals surface area (Å²) in [5.41, 5.74) is 0.418. The normalized spacial score (nSPS) is 15.9. The highest BCUT2D eigenvalue weighted by Gasteiger charge is 2.34. The third kappa shape index (κ3) is 4.87. The molecule has 1 aliphatic rings. The number of amides is 1. The van der Waals surface area contributed by atoms with Gasteiger partial charge in [-0.05, 0) is 34.6 Å². The number of guanidine groups is 1. The molecule has 1 aromatic heterocycles. The maximum absolute atomic E-state index is 11.9. The number of aryl methyl sites for hydroxylation is 2. The third-order valence-corrected chi connectivity index (χ3v) is 3.58. The Morgan fingerprint density at radius 2 is 2.08 bits per heavy atom. The Labute approximate surface area is 142 Å². The molecule has 1 saturated heterocycles. The van der Waals surface area contributed by atoms with Crippen LogP contribution in [0.5, 0.6) is 0 Å². The molecule has 1 amide bonds. The minimum Gasteiger partial charge on any atom is -0.444 e. The lowest BCUT2D eigenvalue weighted by Crippen LogP contribution is -2.63. The van der Waals surface area contributed by atoms with E-state index in [4.69, 9.17) is 9.15 Å². The lowest BCUT2D eigenvalue weighted by atomic mass is 10.1. The van der Waals surface area contributed by atoms with Crippen molar-refractivity contribution in [2.45, 2.75) is 52.8 Å². The van der Waals surface area contributed by atoms with Gasteiger partial charge in [-0.1, -0.05) is 0 Å². The maximum atomic E-state index is 11.9. The number of rotatable bonds is 3. The van der Waals surface area contributed by atoms with Gasteiger partial charge >= 0.3 is 6.09 Å². The number of nitrogens with one attached hydrogen (secondary N) is 2. The number of aromatic nitrogens is 1. The van der Waals surface area contributed by atoms with Gasteiger partial charge in [0, 0.05) is 20.1 Å². The lowest BCUT2D eigenvalue weighted by Gasteiger charge is -2.40. The van der Waals surface area contributed by atoms with Gasteiger partial charge in [-0.2, -0.15) is 0 Å². The SMILES string of the molecule is CN=C(NCc1nc(C)c(C)o1)NC1CN(C(=O)OC(C)(C)C)C1. The highest BCUT2D eigenvalue weighted by molar-refractivity contribution is 5.80. The molecule has 0 aliphatic carbocycles. The second kappa shape index (κ2) is 7.11. The molecule has 1 aliphatic heterocycles. The van der Waals surface area contributed by atoms with Crippen LogP contribution in [0.2, 0.25) is 0 Å². The number of oxazole rings is 1. The van der Waals surface area contributed by atoms with E-state index in [-0.39, 0.29) is 12.1 Å². The number of aliphatic imine (C=N–C) groups is 1. The molecule has 1 fully saturated rings. The fraction of sp³-hybridized carbons (Fsp3) is 0.688. The molecule has 8 nitrogen and oxygen atoms in total. The minimum absolute atomic E-state index is 0.150. The van der Waals surface area contributed by atoms with Crippen LogP contribution < -0.4 is 10.6 Å². The summed E-state index contributed by atoms with van der Waals surface area (Å²) in [6, 6.07) is 0.150. The first kappa shape index (κ1) is 18.1. The van der Waals surface area contributed by atoms with Crippen LogP contribution in [0.4, 0.5) is 4.79 Å². The van der Waals surface area contributed by atoms with E-state index >= 15 is 0 Å². The fourth-order valence-corrected chi connectivity index (χ4v) is 2.21. The highest BCUT2D eigenvalue weighted by atomic mass is 16.6. The van der Waals surface area contributed by atoms with E-state index in [1.54, 1.807) is 11.9 Å². The zero-order valence-corrected chi connectivity index (χ0v) is 15.3. The Kier molecular flexibility index (Phi) is 5.36. The average Bonchev–Trinajstić information content (AvgIpc) is 2.73. The topological polar surface area (TPSA) is 92.0 Å². The average molecular weight is 337 g/mol. The predicted molar refractivity (Wildman–Crippen MR) is 90.9 cm³/mol. The van der Waals surface area contributed by atoms with Crippen LogP contribution in [0.15, 0.2) is 9.41 Å². The molecule has 0 atom stereocenters. The summed E-state index contributed by atoms with van der Waals surface area (Å²) in [5, 5.41) is 6.42. The molecule has 134 valence electrons. The van der Waals surface area contributed by atoms with Crippen molar-refractivity contribution in [3.63, 3.8) is 0 Å². The summed E-state index contributed by atoms with van der Waals surface area (Å²) in [4.78, 5) is 22.1. The number of ether oxygens (including phenoxy) is 1. The van der Waals surface area contributed by atoms with Crippen LogP contribution in [0.3, 0.4) is 0 Å². The molecule has 2 rings (SSSR count). The largest absolute Gasteiger partial charge is 0.444 e. The fourth-order valence-electron chi connectivity index (χ4n) is 2.21. The first-order valence-electron chi connectivity index (χ1n) is 8.06. The molecule has 2 heterocycles. The van der Waals surface area contributed by atoms with Crippen molar-refractivity contribution in [3.8, 4) is 0 Å². The van der Waals surface area contributed by atoms with E-state index in [0.717, 1.165) is 11.5 Å². The molecule has 0 bridgehead atoms. The van der Waals surface area contributed by atoms with Crippen LogP contribution >= 0.6 is 0 Å². The number of likely N-dealkylation sites (tertiary alicyclic amines) is 1. The van der Waals surface area contributed by atoms with Crippen molar-refractivity contribution < 1.29 is 13.9 Å². The van der Waals surface area contributed by atoms with Crippen molar-refractivity contribution in [1.29, 1.82) is 0 Å². The van der Waals surface area contributed by atoms with Crippen molar-refractivity contribution in [2.24, 2.45) is 4.99 Å². The van der Waals surface area contributed by atoms with Crippen LogP contribution in [-0.2, 0) is 11.3 Å². The Morgan fingerprint density at radius 1 is 1.42 bits per heavy atom. The molecule has 0 saturated carbocycles. The first-order valence-corrected chi connectivity index (χ1v) is 8.06. The van der Waals surface area contributed by atoms with Gasteiger partial charge in [0.1, 0.15) is 11.4 Å². The first-order chi connectivity index (χ1) is 11.2. The smallest absolute Gasteiger partial charge is 0.410 e. The van der Waals surface area contributed by atoms with Gasteiger partial charge in [0.15, 0.2) is 5.96 Å². The predicted octanol–water partition coefficient (Wildman–Crippen LogP) is 1.58. The highest BCUT2D eigenvalue weighted by Crippen LogP contribution is 2.15. The number of hydrogen-bond donors (Lipinski definition) is 2. The van der Waals surface area contributed by atoms with E-state index in [9.17, 15) is 4.79 Å². The van der Waals surface area contributed by atoms with E-state index in [1.807, 2.05) is 34.6 Å². The van der Waals surface area contributed by atoms with Crippen LogP contribution in [0.1, 0.15) is 38.1 Å². The molecule has 0 aromatic carbocycles. The Balaban J connectivity index is 1.74. The summed E-state index contributed by atoms with van der Waals surface area (Å²) >= 11 is 0. The van der Waals surface area contributed by atoms with Gasteiger partial charge in [0.05, 0.1) is 18.3 Å². The van der Waals surface area contributed by atoms with Gasteiger partial charge in [-0.3, -0.25) is 4.99 Å². The van der Waals surface area contributed by atoms with Crippen molar-refractivity contribution in [2.75, 3.05) is 20.1 Å². The molecular weight excluding hydrogens is 310 g/mol. The molecule has 24 heavy (non-hydrogen) atoms. The van der Waals surface area contributed by atoms with Gasteiger partial charge in [0.2, 0.25) is 5.89 Å². The second-order valence-electron chi connectivity index (χ2n) is 6.90. The monoisotopic (exact) mass is 337 g/mol. The van der Waals surface area contributed by atoms with Gasteiger partial charge in [0.25, 0.3) is 0 Å². The Hall–Kier alpha value is -2.25. The Bertz CT molecular complexity index is 592. The third-order valence-electron chi connectivity index (χ3n) is 3.58. The molecule has 0 spiro atoms. The molecule has 8 heteroatoms. The number of nitrogens with zero attached hydrogens (tertiary/aromatic N) is 3. The quantitative estimate of drug-likeness (QED) is 0.643. The standard InChI is InChI=1S/C16H27N5O3/c1-10-11(2)23-13(19-10)7-18-14(17-6)20-12-8-21(9-12)15(22)24-16(3,4)5/h12H,7-9H2,1-6H3,(H2,17,18,20). The maximum Gasteiger partial charge on any atom is 0.410 e. The summed E-state index contributed by atoms with van der Waals surface area (Å²) in [7, 11) is 1.70. The van der Waals surface area contributed by atoms with Crippen molar-refractivity contribution in [1.82, 2.24) is 20.5 Å². The zero-order chi connectivity index (χ0) is 17.9. The summed E-state index contributed by atoms with van der Waals surface area (Å²) in [6.45, 7) is 11.0. The van der Waals surface area contributed by atoms with Gasteiger partial charge in [-0.25, -0.2) is 9.78 Å². The van der Waals surface area contributed by atoms with Crippen LogP contribution in [-0.4, -0.2) is 53.7 Å². The van der Waals surface area contributed by atoms with Crippen LogP contribution in [0, 0.1) is 13.8 Å². The number of carbonyl (C=O) groups excluding carboxylic acids is 1. The second-order valence-corrected chi connectivity index (χ2v) is 6.90. The van der Waals surface area contributed by atoms with E-state index < -0.39 is 5.60 Å². The van der Waals surface area contributed by atoms with Crippen molar-refractivity contribution in [3.05, 3.63) is 17.3 Å². The van der Waals surface area contributed by atoms with Gasteiger partial charge < -0.3 is 24.7 Å². The number of carbonyl (C=O) groups is 1. The molecule has 1 aromatic rings. The summed E-state index contributed by atoms with van der Waals surface area (Å²) in [5.74, 6) is 2.09. The lowest BCUT2D eigenvalue weighted by molar-refractivity contribution is 0.00701. The minimum atomic E-state index is -0.473. The summed E-state index contributed by atoms with van der Waals surface area (Å²) < 4.78 is 10.9. The van der Waals surface area contributed by atoms with E-state index in [2.05, 4.69) is 20.6 Å². The Morgan fingerprint density at radius 3 is 2.58 bits per heavy atom. The van der Waals surface area contributed by atoms with Gasteiger partial charge in [-0.15, -0.1) is 0 Å². The van der Waals surface area contributed by atoms with E-state index in [1.165, 1.54) is 0 Å². The number of hydrogen-bond acceptors (Lipinski definition) is 5. The van der Waals surface area contributed by atoms with Crippen molar-refractivity contribution >= 4 is 12.1 Å². The zero-order valence-electron chi connectivity index (χ0n) is 15.3. The summed E-state index contributed by atoms with van der Waals surface area (Å²) in [6.07, 6.45) is -0.283. The van der Waals surface area contributed by atoms with E-state index in [0.29, 0.717) is 31.5 Å². The molecule has 2 N–H and O–H groups in total. The van der Waals surface area contributed by atoms with Crippen LogP contribution in [0.25, 0.3) is 0 Å². The molecule has 0 unspecified atom stereocenters. The molecular formula is C16H27N5O3. The molecule has 0 radical (unpaired) electrons.